The Kier molecular flexibility index (Phi) is 8.99. The first-order valence-corrected chi connectivity index (χ1v) is 12.6. The zero-order chi connectivity index (χ0) is 26.2. The maximum absolute atomic E-state index is 14.0. The maximum atomic E-state index is 14.0. The molecular weight excluding hydrogens is 509 g/mol. The Labute approximate surface area is 226 Å². The summed E-state index contributed by atoms with van der Waals surface area (Å²) in [6.07, 6.45) is 1.87. The molecule has 1 N–H and O–H groups in total. The molecule has 3 aromatic rings. The molecule has 0 aliphatic carbocycles. The number of nitrogens with zero attached hydrogens (tertiary/aromatic N) is 2. The molecule has 1 heterocycles. The van der Waals surface area contributed by atoms with E-state index in [-0.39, 0.29) is 31.4 Å². The number of carbonyl (C=O) groups is 2. The summed E-state index contributed by atoms with van der Waals surface area (Å²) in [5.74, 6) is -0.998. The van der Waals surface area contributed by atoms with Crippen molar-refractivity contribution in [3.05, 3.63) is 118 Å². The summed E-state index contributed by atoms with van der Waals surface area (Å²) in [6.45, 7) is 4.33. The minimum absolute atomic E-state index is 0.175. The summed E-state index contributed by atoms with van der Waals surface area (Å²) < 4.78 is 0. The number of benzene rings is 3. The van der Waals surface area contributed by atoms with E-state index in [1.165, 1.54) is 0 Å². The number of hydrogen-bond acceptors (Lipinski definition) is 4. The van der Waals surface area contributed by atoms with Gasteiger partial charge in [-0.3, -0.25) is 9.59 Å². The van der Waals surface area contributed by atoms with Gasteiger partial charge in [-0.05, 0) is 28.8 Å². The van der Waals surface area contributed by atoms with Crippen LogP contribution in [0.3, 0.4) is 0 Å². The fourth-order valence-electron chi connectivity index (χ4n) is 4.29. The second-order valence-corrected chi connectivity index (χ2v) is 9.47. The van der Waals surface area contributed by atoms with Crippen molar-refractivity contribution in [1.82, 2.24) is 10.2 Å². The number of rotatable bonds is 9. The van der Waals surface area contributed by atoms with Gasteiger partial charge in [0, 0.05) is 13.0 Å². The molecule has 37 heavy (non-hydrogen) atoms. The summed E-state index contributed by atoms with van der Waals surface area (Å²) in [5, 5.41) is 7.98. The molecule has 0 bridgehead atoms. The van der Waals surface area contributed by atoms with E-state index in [4.69, 9.17) is 28.0 Å². The predicted octanol–water partition coefficient (Wildman–Crippen LogP) is 5.60. The van der Waals surface area contributed by atoms with E-state index in [1.807, 2.05) is 60.7 Å². The molecule has 1 aliphatic rings. The molecule has 2 amide bonds. The number of hydrogen-bond donors (Lipinski definition) is 1. The second-order valence-electron chi connectivity index (χ2n) is 8.65. The van der Waals surface area contributed by atoms with Crippen LogP contribution in [-0.4, -0.2) is 41.6 Å². The van der Waals surface area contributed by atoms with Crippen LogP contribution in [0.25, 0.3) is 0 Å². The zero-order valence-electron chi connectivity index (χ0n) is 20.1. The number of halogens is 2. The molecule has 1 fully saturated rings. The Morgan fingerprint density at radius 1 is 1.03 bits per heavy atom. The van der Waals surface area contributed by atoms with Gasteiger partial charge in [0.2, 0.25) is 11.8 Å². The van der Waals surface area contributed by atoms with E-state index in [2.05, 4.69) is 17.1 Å². The predicted molar refractivity (Wildman–Crippen MR) is 147 cm³/mol. The van der Waals surface area contributed by atoms with E-state index in [9.17, 15) is 9.59 Å². The topological polar surface area (TPSA) is 71.0 Å². The molecule has 0 unspecified atom stereocenters. The van der Waals surface area contributed by atoms with Crippen LogP contribution in [0.1, 0.15) is 29.0 Å². The SMILES string of the molecule is C=CCNC(=O)[C@@H]1C/C(=N/OCc2ccc(Cl)c(Cl)c2)CN1C(=O)C(c1ccccc1)c1ccccc1. The third-order valence-electron chi connectivity index (χ3n) is 6.09. The molecule has 3 aromatic carbocycles. The van der Waals surface area contributed by atoms with Crippen LogP contribution in [0.4, 0.5) is 0 Å². The highest BCUT2D eigenvalue weighted by Crippen LogP contribution is 2.30. The molecule has 6 nitrogen and oxygen atoms in total. The number of likely N-dealkylation sites (tertiary alicyclic amines) is 1. The summed E-state index contributed by atoms with van der Waals surface area (Å²) >= 11 is 12.1. The Balaban J connectivity index is 1.58. The minimum Gasteiger partial charge on any atom is -0.391 e. The first kappa shape index (κ1) is 26.5. The van der Waals surface area contributed by atoms with E-state index in [0.29, 0.717) is 22.3 Å². The normalized spacial score (nSPS) is 16.1. The highest BCUT2D eigenvalue weighted by molar-refractivity contribution is 6.42. The van der Waals surface area contributed by atoms with Gasteiger partial charge in [0.1, 0.15) is 12.6 Å². The maximum Gasteiger partial charge on any atom is 0.243 e. The Morgan fingerprint density at radius 2 is 1.68 bits per heavy atom. The molecular formula is C29H27Cl2N3O3. The van der Waals surface area contributed by atoms with Crippen LogP contribution in [0.5, 0.6) is 0 Å². The van der Waals surface area contributed by atoms with Crippen LogP contribution < -0.4 is 5.32 Å². The minimum atomic E-state index is -0.713. The molecule has 8 heteroatoms. The van der Waals surface area contributed by atoms with Crippen molar-refractivity contribution in [2.45, 2.75) is 25.0 Å². The molecule has 0 aromatic heterocycles. The average Bonchev–Trinajstić information content (AvgIpc) is 3.35. The fourth-order valence-corrected chi connectivity index (χ4v) is 4.61. The van der Waals surface area contributed by atoms with Crippen molar-refractivity contribution in [3.8, 4) is 0 Å². The lowest BCUT2D eigenvalue weighted by Gasteiger charge is -2.28. The molecule has 1 atom stereocenters. The summed E-state index contributed by atoms with van der Waals surface area (Å²) in [6, 6.07) is 23.6. The smallest absolute Gasteiger partial charge is 0.243 e. The van der Waals surface area contributed by atoms with Gasteiger partial charge in [-0.15, -0.1) is 6.58 Å². The molecule has 1 aliphatic heterocycles. The van der Waals surface area contributed by atoms with Gasteiger partial charge < -0.3 is 15.1 Å². The highest BCUT2D eigenvalue weighted by atomic mass is 35.5. The molecule has 0 saturated carbocycles. The summed E-state index contributed by atoms with van der Waals surface area (Å²) in [7, 11) is 0. The Bertz CT molecular complexity index is 1240. The van der Waals surface area contributed by atoms with Gasteiger partial charge in [0.25, 0.3) is 0 Å². The van der Waals surface area contributed by atoms with Crippen molar-refractivity contribution in [2.24, 2.45) is 5.16 Å². The van der Waals surface area contributed by atoms with Crippen LogP contribution in [-0.2, 0) is 21.0 Å². The number of carbonyl (C=O) groups excluding carboxylic acids is 2. The monoisotopic (exact) mass is 535 g/mol. The number of nitrogens with one attached hydrogen (secondary N) is 1. The van der Waals surface area contributed by atoms with Gasteiger partial charge >= 0.3 is 0 Å². The van der Waals surface area contributed by atoms with E-state index >= 15 is 0 Å². The molecule has 1 saturated heterocycles. The van der Waals surface area contributed by atoms with Crippen molar-refractivity contribution in [1.29, 1.82) is 0 Å². The van der Waals surface area contributed by atoms with E-state index in [0.717, 1.165) is 16.7 Å². The van der Waals surface area contributed by atoms with Crippen LogP contribution in [0, 0.1) is 0 Å². The largest absolute Gasteiger partial charge is 0.391 e. The number of oxime groups is 1. The van der Waals surface area contributed by atoms with Crippen LogP contribution >= 0.6 is 23.2 Å². The number of amides is 2. The van der Waals surface area contributed by atoms with Crippen LogP contribution in [0.2, 0.25) is 10.0 Å². The van der Waals surface area contributed by atoms with Crippen LogP contribution in [0.15, 0.2) is 96.7 Å². The Hall–Kier alpha value is -3.61. The standard InChI is InChI=1S/C29H27Cl2N3O3/c1-2-15-32-28(35)26-17-23(33-37-19-20-13-14-24(30)25(31)16-20)18-34(26)29(36)27(21-9-5-3-6-10-21)22-11-7-4-8-12-22/h2-14,16,26-27H,1,15,17-19H2,(H,32,35)/b33-23-/t26-/m0/s1. The third kappa shape index (κ3) is 6.59. The summed E-state index contributed by atoms with van der Waals surface area (Å²) in [5.41, 5.74) is 3.11. The average molecular weight is 536 g/mol. The molecule has 190 valence electrons. The first-order valence-electron chi connectivity index (χ1n) is 11.9. The Morgan fingerprint density at radius 3 is 2.27 bits per heavy atom. The molecule has 0 spiro atoms. The van der Waals surface area contributed by atoms with Crippen molar-refractivity contribution < 1.29 is 14.4 Å². The van der Waals surface area contributed by atoms with Gasteiger partial charge in [-0.1, -0.05) is 101 Å². The lowest BCUT2D eigenvalue weighted by molar-refractivity contribution is -0.138. The zero-order valence-corrected chi connectivity index (χ0v) is 21.7. The van der Waals surface area contributed by atoms with Crippen molar-refractivity contribution in [3.63, 3.8) is 0 Å². The lowest BCUT2D eigenvalue weighted by Crippen LogP contribution is -2.47. The van der Waals surface area contributed by atoms with E-state index < -0.39 is 12.0 Å². The van der Waals surface area contributed by atoms with Gasteiger partial charge in [-0.2, -0.15) is 0 Å². The molecule has 4 rings (SSSR count). The van der Waals surface area contributed by atoms with Gasteiger partial charge in [0.05, 0.1) is 28.2 Å². The van der Waals surface area contributed by atoms with E-state index in [1.54, 1.807) is 29.2 Å². The van der Waals surface area contributed by atoms with Crippen molar-refractivity contribution in [2.75, 3.05) is 13.1 Å². The highest BCUT2D eigenvalue weighted by Gasteiger charge is 2.41. The second kappa shape index (κ2) is 12.6. The third-order valence-corrected chi connectivity index (χ3v) is 6.83. The molecule has 0 radical (unpaired) electrons. The summed E-state index contributed by atoms with van der Waals surface area (Å²) in [4.78, 5) is 34.3. The van der Waals surface area contributed by atoms with Gasteiger partial charge in [0.15, 0.2) is 0 Å². The fraction of sp³-hybridized carbons (Fsp3) is 0.207. The van der Waals surface area contributed by atoms with Gasteiger partial charge in [-0.25, -0.2) is 0 Å². The van der Waals surface area contributed by atoms with Crippen molar-refractivity contribution >= 4 is 40.7 Å². The lowest BCUT2D eigenvalue weighted by atomic mass is 9.90. The quantitative estimate of drug-likeness (QED) is 0.286. The first-order chi connectivity index (χ1) is 18.0.